The number of Topliss-reactive ketones (excluding diaryl/α,β-unsaturated/α-hetero) is 1. The van der Waals surface area contributed by atoms with E-state index in [-0.39, 0.29) is 29.2 Å². The molecule has 0 radical (unpaired) electrons. The van der Waals surface area contributed by atoms with Gasteiger partial charge in [0.2, 0.25) is 0 Å². The molecule has 0 spiro atoms. The Bertz CT molecular complexity index is 491. The van der Waals surface area contributed by atoms with Crippen molar-refractivity contribution >= 4 is 23.4 Å². The number of ketones is 1. The standard InChI is InChI=1S/C12H10ClNO3/c1-17-12(16)10-4-2-3-8(11(10)7-14)5-9(15)6-13/h2-4H,5-6H2,1H3. The fourth-order valence-electron chi connectivity index (χ4n) is 1.42. The molecule has 0 saturated carbocycles. The Kier molecular flexibility index (Phi) is 4.68. The summed E-state index contributed by atoms with van der Waals surface area (Å²) < 4.78 is 4.56. The molecule has 0 amide bonds. The molecule has 88 valence electrons. The minimum absolute atomic E-state index is 0.0389. The van der Waals surface area contributed by atoms with Gasteiger partial charge in [-0.05, 0) is 11.6 Å². The quantitative estimate of drug-likeness (QED) is 0.603. The Hall–Kier alpha value is -1.86. The van der Waals surface area contributed by atoms with E-state index in [0.717, 1.165) is 0 Å². The summed E-state index contributed by atoms with van der Waals surface area (Å²) in [5.74, 6) is -0.917. The zero-order valence-corrected chi connectivity index (χ0v) is 9.95. The zero-order valence-electron chi connectivity index (χ0n) is 9.20. The molecule has 0 fully saturated rings. The third-order valence-corrected chi connectivity index (χ3v) is 2.50. The average Bonchev–Trinajstić information content (AvgIpc) is 2.37. The van der Waals surface area contributed by atoms with Gasteiger partial charge in [0.1, 0.15) is 6.07 Å². The van der Waals surface area contributed by atoms with Gasteiger partial charge in [-0.15, -0.1) is 11.6 Å². The average molecular weight is 252 g/mol. The van der Waals surface area contributed by atoms with Crippen molar-refractivity contribution in [1.82, 2.24) is 0 Å². The van der Waals surface area contributed by atoms with Crippen molar-refractivity contribution in [3.63, 3.8) is 0 Å². The van der Waals surface area contributed by atoms with Crippen molar-refractivity contribution in [2.24, 2.45) is 0 Å². The maximum Gasteiger partial charge on any atom is 0.339 e. The number of carbonyl (C=O) groups is 2. The highest BCUT2D eigenvalue weighted by atomic mass is 35.5. The highest BCUT2D eigenvalue weighted by Gasteiger charge is 2.16. The fraction of sp³-hybridized carbons (Fsp3) is 0.250. The van der Waals surface area contributed by atoms with Gasteiger partial charge in [0.15, 0.2) is 5.78 Å². The van der Waals surface area contributed by atoms with Crippen LogP contribution < -0.4 is 0 Å². The zero-order chi connectivity index (χ0) is 12.8. The number of esters is 1. The third kappa shape index (κ3) is 3.05. The SMILES string of the molecule is COC(=O)c1cccc(CC(=O)CCl)c1C#N. The van der Waals surface area contributed by atoms with Crippen LogP contribution >= 0.6 is 11.6 Å². The second-order valence-corrected chi connectivity index (χ2v) is 3.56. The van der Waals surface area contributed by atoms with Gasteiger partial charge in [-0.25, -0.2) is 4.79 Å². The topological polar surface area (TPSA) is 67.2 Å². The van der Waals surface area contributed by atoms with Crippen LogP contribution in [0, 0.1) is 11.3 Å². The van der Waals surface area contributed by atoms with Crippen LogP contribution in [0.4, 0.5) is 0 Å². The Morgan fingerprint density at radius 1 is 1.47 bits per heavy atom. The van der Waals surface area contributed by atoms with Gasteiger partial charge in [-0.1, -0.05) is 12.1 Å². The van der Waals surface area contributed by atoms with E-state index in [2.05, 4.69) is 4.74 Å². The van der Waals surface area contributed by atoms with Crippen LogP contribution in [-0.4, -0.2) is 24.7 Å². The molecule has 1 rings (SSSR count). The molecular weight excluding hydrogens is 242 g/mol. The van der Waals surface area contributed by atoms with Crippen LogP contribution in [0.2, 0.25) is 0 Å². The molecule has 0 bridgehead atoms. The lowest BCUT2D eigenvalue weighted by Crippen LogP contribution is -2.10. The van der Waals surface area contributed by atoms with Crippen molar-refractivity contribution in [3.8, 4) is 6.07 Å². The number of carbonyl (C=O) groups excluding carboxylic acids is 2. The van der Waals surface area contributed by atoms with Crippen molar-refractivity contribution in [2.75, 3.05) is 13.0 Å². The van der Waals surface area contributed by atoms with Crippen molar-refractivity contribution < 1.29 is 14.3 Å². The third-order valence-electron chi connectivity index (χ3n) is 2.20. The van der Waals surface area contributed by atoms with Crippen LogP contribution in [0.15, 0.2) is 18.2 Å². The summed E-state index contributed by atoms with van der Waals surface area (Å²) >= 11 is 5.40. The number of rotatable bonds is 4. The second kappa shape index (κ2) is 6.02. The van der Waals surface area contributed by atoms with Gasteiger partial charge in [0.25, 0.3) is 0 Å². The smallest absolute Gasteiger partial charge is 0.339 e. The summed E-state index contributed by atoms with van der Waals surface area (Å²) in [5.41, 5.74) is 0.814. The molecule has 0 heterocycles. The summed E-state index contributed by atoms with van der Waals surface area (Å²) in [6, 6.07) is 6.62. The van der Waals surface area contributed by atoms with Gasteiger partial charge in [-0.3, -0.25) is 4.79 Å². The summed E-state index contributed by atoms with van der Waals surface area (Å²) in [6.07, 6.45) is 0.0389. The van der Waals surface area contributed by atoms with E-state index < -0.39 is 5.97 Å². The van der Waals surface area contributed by atoms with E-state index in [4.69, 9.17) is 16.9 Å². The molecule has 0 atom stereocenters. The second-order valence-electron chi connectivity index (χ2n) is 3.29. The number of halogens is 1. The monoisotopic (exact) mass is 251 g/mol. The summed E-state index contributed by atoms with van der Waals surface area (Å²) in [6.45, 7) is 0. The first kappa shape index (κ1) is 13.2. The van der Waals surface area contributed by atoms with Crippen molar-refractivity contribution in [2.45, 2.75) is 6.42 Å². The molecule has 0 aliphatic rings. The van der Waals surface area contributed by atoms with Crippen molar-refractivity contribution in [3.05, 3.63) is 34.9 Å². The van der Waals surface area contributed by atoms with E-state index >= 15 is 0 Å². The first-order valence-electron chi connectivity index (χ1n) is 4.82. The number of nitriles is 1. The molecule has 0 aliphatic heterocycles. The van der Waals surface area contributed by atoms with Crippen LogP contribution in [0.1, 0.15) is 21.5 Å². The van der Waals surface area contributed by atoms with Gasteiger partial charge in [-0.2, -0.15) is 5.26 Å². The van der Waals surface area contributed by atoms with Gasteiger partial charge in [0, 0.05) is 6.42 Å². The van der Waals surface area contributed by atoms with E-state index in [0.29, 0.717) is 5.56 Å². The lowest BCUT2D eigenvalue weighted by atomic mass is 9.98. The number of methoxy groups -OCH3 is 1. The first-order chi connectivity index (χ1) is 8.13. The minimum Gasteiger partial charge on any atom is -0.465 e. The lowest BCUT2D eigenvalue weighted by Gasteiger charge is -2.06. The summed E-state index contributed by atoms with van der Waals surface area (Å²) in [4.78, 5) is 22.7. The van der Waals surface area contributed by atoms with E-state index in [1.807, 2.05) is 6.07 Å². The number of nitrogens with zero attached hydrogens (tertiary/aromatic N) is 1. The molecule has 5 heteroatoms. The first-order valence-corrected chi connectivity index (χ1v) is 5.35. The Labute approximate surface area is 104 Å². The van der Waals surface area contributed by atoms with Crippen LogP contribution in [0.5, 0.6) is 0 Å². The van der Waals surface area contributed by atoms with Gasteiger partial charge in [0.05, 0.1) is 24.1 Å². The summed E-state index contributed by atoms with van der Waals surface area (Å²) in [7, 11) is 1.24. The Morgan fingerprint density at radius 3 is 2.71 bits per heavy atom. The molecule has 0 aromatic heterocycles. The minimum atomic E-state index is -0.596. The number of hydrogen-bond donors (Lipinski definition) is 0. The largest absolute Gasteiger partial charge is 0.465 e. The Balaban J connectivity index is 3.20. The molecule has 0 N–H and O–H groups in total. The predicted molar refractivity (Wildman–Crippen MR) is 61.9 cm³/mol. The van der Waals surface area contributed by atoms with E-state index in [1.54, 1.807) is 12.1 Å². The number of hydrogen-bond acceptors (Lipinski definition) is 4. The van der Waals surface area contributed by atoms with Gasteiger partial charge < -0.3 is 4.74 Å². The maximum atomic E-state index is 11.4. The molecule has 17 heavy (non-hydrogen) atoms. The highest BCUT2D eigenvalue weighted by Crippen LogP contribution is 2.16. The van der Waals surface area contributed by atoms with Gasteiger partial charge >= 0.3 is 5.97 Å². The molecule has 1 aromatic rings. The number of alkyl halides is 1. The normalized spacial score (nSPS) is 9.47. The van der Waals surface area contributed by atoms with Crippen molar-refractivity contribution in [1.29, 1.82) is 5.26 Å². The Morgan fingerprint density at radius 2 is 2.18 bits per heavy atom. The van der Waals surface area contributed by atoms with Crippen LogP contribution in [-0.2, 0) is 16.0 Å². The lowest BCUT2D eigenvalue weighted by molar-refractivity contribution is -0.116. The fourth-order valence-corrected chi connectivity index (χ4v) is 1.51. The summed E-state index contributed by atoms with van der Waals surface area (Å²) in [5, 5.41) is 9.03. The van der Waals surface area contributed by atoms with Crippen LogP contribution in [0.25, 0.3) is 0 Å². The van der Waals surface area contributed by atoms with Crippen LogP contribution in [0.3, 0.4) is 0 Å². The highest BCUT2D eigenvalue weighted by molar-refractivity contribution is 6.27. The number of ether oxygens (including phenoxy) is 1. The maximum absolute atomic E-state index is 11.4. The molecule has 0 aliphatic carbocycles. The molecule has 1 aromatic carbocycles. The molecule has 4 nitrogen and oxygen atoms in total. The molecular formula is C12H10ClNO3. The molecule has 0 unspecified atom stereocenters. The molecule has 0 saturated heterocycles. The number of benzene rings is 1. The van der Waals surface area contributed by atoms with E-state index in [9.17, 15) is 9.59 Å². The van der Waals surface area contributed by atoms with E-state index in [1.165, 1.54) is 13.2 Å². The predicted octanol–water partition coefficient (Wildman–Crippen LogP) is 1.70.